The number of anilines is 1. The Morgan fingerprint density at radius 2 is 1.92 bits per heavy atom. The first kappa shape index (κ1) is 16.4. The fraction of sp³-hybridized carbons (Fsp3) is 0.278. The van der Waals surface area contributed by atoms with E-state index in [9.17, 15) is 4.79 Å². The molecule has 1 amide bonds. The van der Waals surface area contributed by atoms with Crippen molar-refractivity contribution in [2.45, 2.75) is 24.1 Å². The Labute approximate surface area is 155 Å². The number of aromatic nitrogens is 3. The number of nitrogens with one attached hydrogen (secondary N) is 1. The first-order valence-electron chi connectivity index (χ1n) is 7.96. The van der Waals surface area contributed by atoms with E-state index in [0.717, 1.165) is 22.7 Å². The van der Waals surface area contributed by atoms with Crippen molar-refractivity contribution in [1.29, 1.82) is 0 Å². The monoisotopic (exact) mass is 374 g/mol. The van der Waals surface area contributed by atoms with Gasteiger partial charge in [-0.1, -0.05) is 18.2 Å². The molecule has 1 aromatic carbocycles. The van der Waals surface area contributed by atoms with Crippen molar-refractivity contribution in [2.24, 2.45) is 5.41 Å². The molecule has 0 aliphatic heterocycles. The van der Waals surface area contributed by atoms with E-state index in [2.05, 4.69) is 15.5 Å². The van der Waals surface area contributed by atoms with Crippen LogP contribution in [0.15, 0.2) is 48.7 Å². The Morgan fingerprint density at radius 1 is 1.20 bits per heavy atom. The molecular formula is C18H16Cl2N4O. The van der Waals surface area contributed by atoms with E-state index < -0.39 is 9.75 Å². The van der Waals surface area contributed by atoms with E-state index in [1.807, 2.05) is 53.1 Å². The van der Waals surface area contributed by atoms with Gasteiger partial charge in [0.15, 0.2) is 5.65 Å². The number of carbonyl (C=O) groups is 1. The highest BCUT2D eigenvalue weighted by molar-refractivity contribution is 6.53. The largest absolute Gasteiger partial charge is 0.326 e. The van der Waals surface area contributed by atoms with Gasteiger partial charge in [0.2, 0.25) is 5.91 Å². The number of nitrogens with zero attached hydrogens (tertiary/aromatic N) is 3. The molecule has 5 nitrogen and oxygen atoms in total. The fourth-order valence-corrected chi connectivity index (χ4v) is 3.52. The molecule has 1 saturated carbocycles. The SMILES string of the molecule is C[C@]1(C(=O)Nc2ccc(Cc3nnc4ccccn34)cc2)CC1(Cl)Cl. The molecule has 0 saturated heterocycles. The first-order chi connectivity index (χ1) is 11.9. The normalized spacial score (nSPS) is 21.2. The summed E-state index contributed by atoms with van der Waals surface area (Å²) in [4.78, 5) is 12.3. The average molecular weight is 375 g/mol. The van der Waals surface area contributed by atoms with Crippen LogP contribution in [0.5, 0.6) is 0 Å². The molecule has 25 heavy (non-hydrogen) atoms. The summed E-state index contributed by atoms with van der Waals surface area (Å²) in [5, 5.41) is 11.3. The number of halogens is 2. The topological polar surface area (TPSA) is 59.3 Å². The number of alkyl halides is 2. The number of hydrogen-bond acceptors (Lipinski definition) is 3. The Bertz CT molecular complexity index is 951. The third-order valence-electron chi connectivity index (χ3n) is 4.72. The van der Waals surface area contributed by atoms with Crippen LogP contribution in [-0.4, -0.2) is 24.8 Å². The number of amides is 1. The molecule has 1 atom stereocenters. The van der Waals surface area contributed by atoms with Gasteiger partial charge in [0, 0.05) is 18.3 Å². The Balaban J connectivity index is 1.46. The van der Waals surface area contributed by atoms with Crippen LogP contribution in [0.1, 0.15) is 24.7 Å². The molecule has 1 aliphatic carbocycles. The van der Waals surface area contributed by atoms with E-state index in [1.54, 1.807) is 6.92 Å². The zero-order valence-corrected chi connectivity index (χ0v) is 15.1. The Hall–Kier alpha value is -2.11. The highest BCUT2D eigenvalue weighted by Crippen LogP contribution is 2.64. The second-order valence-corrected chi connectivity index (χ2v) is 8.07. The lowest BCUT2D eigenvalue weighted by atomic mass is 10.1. The Morgan fingerprint density at radius 3 is 2.60 bits per heavy atom. The maximum atomic E-state index is 12.3. The lowest BCUT2D eigenvalue weighted by Gasteiger charge is -2.13. The summed E-state index contributed by atoms with van der Waals surface area (Å²) in [6, 6.07) is 13.5. The summed E-state index contributed by atoms with van der Waals surface area (Å²) in [6.45, 7) is 1.77. The van der Waals surface area contributed by atoms with Crippen LogP contribution < -0.4 is 5.32 Å². The highest BCUT2D eigenvalue weighted by Gasteiger charge is 2.67. The van der Waals surface area contributed by atoms with Gasteiger partial charge >= 0.3 is 0 Å². The average Bonchev–Trinajstić information content (AvgIpc) is 2.92. The maximum absolute atomic E-state index is 12.3. The van der Waals surface area contributed by atoms with Crippen molar-refractivity contribution in [2.75, 3.05) is 5.32 Å². The molecule has 3 aromatic rings. The molecule has 2 aromatic heterocycles. The lowest BCUT2D eigenvalue weighted by Crippen LogP contribution is -2.25. The van der Waals surface area contributed by atoms with Crippen LogP contribution in [0.25, 0.3) is 5.65 Å². The van der Waals surface area contributed by atoms with E-state index in [0.29, 0.717) is 12.8 Å². The van der Waals surface area contributed by atoms with Gasteiger partial charge in [-0.3, -0.25) is 9.20 Å². The summed E-state index contributed by atoms with van der Waals surface area (Å²) in [5.74, 6) is 0.709. The summed E-state index contributed by atoms with van der Waals surface area (Å²) >= 11 is 12.1. The zero-order valence-electron chi connectivity index (χ0n) is 13.5. The third kappa shape index (κ3) is 2.87. The van der Waals surface area contributed by atoms with E-state index >= 15 is 0 Å². The molecule has 0 radical (unpaired) electrons. The number of fused-ring (bicyclic) bond motifs is 1. The van der Waals surface area contributed by atoms with Crippen LogP contribution in [0.2, 0.25) is 0 Å². The Kier molecular flexibility index (Phi) is 3.74. The minimum absolute atomic E-state index is 0.159. The second-order valence-electron chi connectivity index (χ2n) is 6.59. The number of hydrogen-bond donors (Lipinski definition) is 1. The quantitative estimate of drug-likeness (QED) is 0.705. The predicted octanol–water partition coefficient (Wildman–Crippen LogP) is 3.84. The molecule has 1 N–H and O–H groups in total. The zero-order chi connectivity index (χ0) is 17.7. The summed E-state index contributed by atoms with van der Waals surface area (Å²) in [5.41, 5.74) is 1.90. The number of pyridine rings is 1. The minimum Gasteiger partial charge on any atom is -0.326 e. The number of rotatable bonds is 4. The van der Waals surface area contributed by atoms with E-state index in [-0.39, 0.29) is 5.91 Å². The summed E-state index contributed by atoms with van der Waals surface area (Å²) in [6.07, 6.45) is 3.07. The van der Waals surface area contributed by atoms with Crippen molar-refractivity contribution in [1.82, 2.24) is 14.6 Å². The van der Waals surface area contributed by atoms with Crippen LogP contribution in [0, 0.1) is 5.41 Å². The molecular weight excluding hydrogens is 359 g/mol. The molecule has 0 bridgehead atoms. The molecule has 128 valence electrons. The van der Waals surface area contributed by atoms with Gasteiger partial charge in [-0.25, -0.2) is 0 Å². The molecule has 0 spiro atoms. The van der Waals surface area contributed by atoms with Gasteiger partial charge in [-0.05, 0) is 43.2 Å². The number of benzene rings is 1. The van der Waals surface area contributed by atoms with E-state index in [4.69, 9.17) is 23.2 Å². The van der Waals surface area contributed by atoms with Crippen molar-refractivity contribution in [3.05, 3.63) is 60.0 Å². The van der Waals surface area contributed by atoms with Gasteiger partial charge < -0.3 is 5.32 Å². The van der Waals surface area contributed by atoms with Gasteiger partial charge in [0.05, 0.1) is 5.41 Å². The van der Waals surface area contributed by atoms with Crippen LogP contribution in [-0.2, 0) is 11.2 Å². The molecule has 4 rings (SSSR count). The molecule has 0 unspecified atom stereocenters. The minimum atomic E-state index is -0.967. The standard InChI is InChI=1S/C18H16Cl2N4O/c1-17(11-18(17,19)20)16(25)21-13-7-5-12(6-8-13)10-15-23-22-14-4-2-3-9-24(14)15/h2-9H,10-11H2,1H3,(H,21,25)/t17-/m1/s1. The molecule has 1 fully saturated rings. The van der Waals surface area contributed by atoms with Gasteiger partial charge in [0.25, 0.3) is 0 Å². The maximum Gasteiger partial charge on any atom is 0.233 e. The van der Waals surface area contributed by atoms with Crippen molar-refractivity contribution in [3.8, 4) is 0 Å². The highest BCUT2D eigenvalue weighted by atomic mass is 35.5. The van der Waals surface area contributed by atoms with Crippen LogP contribution >= 0.6 is 23.2 Å². The van der Waals surface area contributed by atoms with Crippen molar-refractivity contribution >= 4 is 40.4 Å². The van der Waals surface area contributed by atoms with Gasteiger partial charge in [-0.2, -0.15) is 0 Å². The summed E-state index contributed by atoms with van der Waals surface area (Å²) in [7, 11) is 0. The van der Waals surface area contributed by atoms with E-state index in [1.165, 1.54) is 0 Å². The first-order valence-corrected chi connectivity index (χ1v) is 8.71. The van der Waals surface area contributed by atoms with Crippen molar-refractivity contribution < 1.29 is 4.79 Å². The molecule has 7 heteroatoms. The smallest absolute Gasteiger partial charge is 0.233 e. The third-order valence-corrected chi connectivity index (χ3v) is 5.82. The predicted molar refractivity (Wildman–Crippen MR) is 98.0 cm³/mol. The molecule has 2 heterocycles. The van der Waals surface area contributed by atoms with Crippen LogP contribution in [0.4, 0.5) is 5.69 Å². The summed E-state index contributed by atoms with van der Waals surface area (Å²) < 4.78 is 0.996. The lowest BCUT2D eigenvalue weighted by molar-refractivity contribution is -0.120. The van der Waals surface area contributed by atoms with Crippen molar-refractivity contribution in [3.63, 3.8) is 0 Å². The number of carbonyl (C=O) groups excluding carboxylic acids is 1. The van der Waals surface area contributed by atoms with Crippen LogP contribution in [0.3, 0.4) is 0 Å². The fourth-order valence-electron chi connectivity index (χ4n) is 2.82. The second kappa shape index (κ2) is 5.71. The van der Waals surface area contributed by atoms with Gasteiger partial charge in [-0.15, -0.1) is 33.4 Å². The van der Waals surface area contributed by atoms with Gasteiger partial charge in [0.1, 0.15) is 10.2 Å². The molecule has 1 aliphatic rings.